The van der Waals surface area contributed by atoms with Crippen molar-refractivity contribution in [2.45, 2.75) is 103 Å². The summed E-state index contributed by atoms with van der Waals surface area (Å²) >= 11 is 0. The Hall–Kier alpha value is -0.330. The molecule has 0 N–H and O–H groups in total. The maximum absolute atomic E-state index is 4.35. The Labute approximate surface area is 151 Å². The minimum absolute atomic E-state index is 0.584. The van der Waals surface area contributed by atoms with Crippen molar-refractivity contribution in [3.8, 4) is 0 Å². The van der Waals surface area contributed by atoms with Crippen LogP contribution >= 0.6 is 0 Å². The lowest BCUT2D eigenvalue weighted by molar-refractivity contribution is 0.0471. The molecule has 0 bridgehead atoms. The highest BCUT2D eigenvalue weighted by molar-refractivity contribution is 5.24. The topological polar surface area (TPSA) is 12.4 Å². The van der Waals surface area contributed by atoms with Crippen molar-refractivity contribution in [1.82, 2.24) is 0 Å². The number of fused-ring (bicyclic) bond motifs is 1. The fourth-order valence-electron chi connectivity index (χ4n) is 6.63. The summed E-state index contributed by atoms with van der Waals surface area (Å²) in [7, 11) is 0. The van der Waals surface area contributed by atoms with E-state index in [0.717, 1.165) is 35.5 Å². The smallest absolute Gasteiger partial charge is 0.0495 e. The third-order valence-corrected chi connectivity index (χ3v) is 8.05. The summed E-state index contributed by atoms with van der Waals surface area (Å²) in [5, 5.41) is 0. The van der Waals surface area contributed by atoms with Crippen molar-refractivity contribution in [1.29, 1.82) is 0 Å². The van der Waals surface area contributed by atoms with Crippen molar-refractivity contribution >= 4 is 6.72 Å². The summed E-state index contributed by atoms with van der Waals surface area (Å²) in [6, 6.07) is 0.584. The molecule has 0 aromatic heterocycles. The van der Waals surface area contributed by atoms with Crippen LogP contribution in [0.25, 0.3) is 0 Å². The van der Waals surface area contributed by atoms with Crippen LogP contribution in [0.4, 0.5) is 0 Å². The van der Waals surface area contributed by atoms with Gasteiger partial charge in [-0.3, -0.25) is 4.99 Å². The maximum Gasteiger partial charge on any atom is 0.0495 e. The molecule has 3 saturated carbocycles. The standard InChI is InChI=1S/C23H41N/c1-4-5-6-7-18-8-13-23(17(2)14-18)21-10-9-20-16-22(24-3)12-11-19(20)15-21/h17-23H,3-16H2,1-2H3. The molecule has 0 aromatic rings. The Balaban J connectivity index is 1.47. The van der Waals surface area contributed by atoms with Crippen molar-refractivity contribution in [2.24, 2.45) is 40.5 Å². The van der Waals surface area contributed by atoms with Gasteiger partial charge < -0.3 is 0 Å². The molecule has 138 valence electrons. The zero-order chi connectivity index (χ0) is 16.9. The molecule has 0 aliphatic heterocycles. The molecule has 0 aromatic carbocycles. The highest BCUT2D eigenvalue weighted by Crippen LogP contribution is 2.50. The summed E-state index contributed by atoms with van der Waals surface area (Å²) in [5.41, 5.74) is 0. The van der Waals surface area contributed by atoms with Crippen LogP contribution < -0.4 is 0 Å². The van der Waals surface area contributed by atoms with Crippen LogP contribution in [0.3, 0.4) is 0 Å². The van der Waals surface area contributed by atoms with Crippen molar-refractivity contribution in [3.05, 3.63) is 0 Å². The molecule has 7 unspecified atom stereocenters. The van der Waals surface area contributed by atoms with Gasteiger partial charge in [-0.15, -0.1) is 0 Å². The first-order valence-corrected chi connectivity index (χ1v) is 11.2. The van der Waals surface area contributed by atoms with Gasteiger partial charge >= 0.3 is 0 Å². The summed E-state index contributed by atoms with van der Waals surface area (Å²) in [5.74, 6) is 6.13. The molecule has 0 spiro atoms. The lowest BCUT2D eigenvalue weighted by Crippen LogP contribution is -2.37. The van der Waals surface area contributed by atoms with E-state index in [4.69, 9.17) is 0 Å². The van der Waals surface area contributed by atoms with Crippen LogP contribution in [0.15, 0.2) is 4.99 Å². The Morgan fingerprint density at radius 1 is 0.833 bits per heavy atom. The third kappa shape index (κ3) is 4.44. The minimum atomic E-state index is 0.584. The maximum atomic E-state index is 4.35. The van der Waals surface area contributed by atoms with Crippen LogP contribution in [-0.2, 0) is 0 Å². The number of aliphatic imine (C=N–C) groups is 1. The molecule has 1 nitrogen and oxygen atoms in total. The first kappa shape index (κ1) is 18.5. The van der Waals surface area contributed by atoms with Crippen molar-refractivity contribution < 1.29 is 0 Å². The van der Waals surface area contributed by atoms with Gasteiger partial charge in [-0.25, -0.2) is 0 Å². The van der Waals surface area contributed by atoms with Gasteiger partial charge in [0.1, 0.15) is 0 Å². The lowest BCUT2D eigenvalue weighted by atomic mass is 9.59. The van der Waals surface area contributed by atoms with E-state index in [9.17, 15) is 0 Å². The van der Waals surface area contributed by atoms with E-state index in [2.05, 4.69) is 25.6 Å². The van der Waals surface area contributed by atoms with Gasteiger partial charge in [0.25, 0.3) is 0 Å². The first-order chi connectivity index (χ1) is 11.7. The second-order valence-electron chi connectivity index (χ2n) is 9.56. The Morgan fingerprint density at radius 3 is 2.33 bits per heavy atom. The first-order valence-electron chi connectivity index (χ1n) is 11.2. The molecule has 1 heteroatoms. The predicted molar refractivity (Wildman–Crippen MR) is 106 cm³/mol. The summed E-state index contributed by atoms with van der Waals surface area (Å²) in [4.78, 5) is 4.35. The second kappa shape index (κ2) is 8.86. The lowest BCUT2D eigenvalue weighted by Gasteiger charge is -2.46. The molecule has 7 atom stereocenters. The second-order valence-corrected chi connectivity index (χ2v) is 9.56. The van der Waals surface area contributed by atoms with Crippen molar-refractivity contribution in [3.63, 3.8) is 0 Å². The summed E-state index contributed by atoms with van der Waals surface area (Å²) in [6.07, 6.45) is 19.1. The highest BCUT2D eigenvalue weighted by atomic mass is 14.8. The normalized spacial score (nSPS) is 43.2. The average molecular weight is 332 g/mol. The van der Waals surface area contributed by atoms with E-state index < -0.39 is 0 Å². The number of hydrogen-bond acceptors (Lipinski definition) is 1. The van der Waals surface area contributed by atoms with E-state index in [1.165, 1.54) is 77.0 Å². The highest BCUT2D eigenvalue weighted by Gasteiger charge is 2.40. The van der Waals surface area contributed by atoms with Gasteiger partial charge in [0.15, 0.2) is 0 Å². The number of unbranched alkanes of at least 4 members (excludes halogenated alkanes) is 2. The number of nitrogens with zero attached hydrogens (tertiary/aromatic N) is 1. The Kier molecular flexibility index (Phi) is 6.81. The van der Waals surface area contributed by atoms with E-state index in [1.807, 2.05) is 0 Å². The summed E-state index contributed by atoms with van der Waals surface area (Å²) in [6.45, 7) is 8.72. The fraction of sp³-hybridized carbons (Fsp3) is 0.957. The van der Waals surface area contributed by atoms with E-state index in [0.29, 0.717) is 6.04 Å². The zero-order valence-electron chi connectivity index (χ0n) is 16.4. The molecule has 24 heavy (non-hydrogen) atoms. The van der Waals surface area contributed by atoms with Crippen LogP contribution in [0.2, 0.25) is 0 Å². The monoisotopic (exact) mass is 331 g/mol. The molecule has 3 rings (SSSR count). The van der Waals surface area contributed by atoms with Crippen molar-refractivity contribution in [2.75, 3.05) is 0 Å². The van der Waals surface area contributed by atoms with E-state index in [1.54, 1.807) is 6.42 Å². The van der Waals surface area contributed by atoms with E-state index in [-0.39, 0.29) is 0 Å². The molecular weight excluding hydrogens is 290 g/mol. The third-order valence-electron chi connectivity index (χ3n) is 8.05. The molecule has 0 heterocycles. The van der Waals surface area contributed by atoms with Crippen LogP contribution in [0.1, 0.15) is 97.3 Å². The van der Waals surface area contributed by atoms with Crippen LogP contribution in [0.5, 0.6) is 0 Å². The fourth-order valence-corrected chi connectivity index (χ4v) is 6.63. The predicted octanol–water partition coefficient (Wildman–Crippen LogP) is 6.90. The SMILES string of the molecule is C=NC1CCC2CC(C3CCC(CCCCC)CC3C)CCC2C1. The van der Waals surface area contributed by atoms with Gasteiger partial charge in [-0.05, 0) is 93.6 Å². The molecule has 0 saturated heterocycles. The quantitative estimate of drug-likeness (QED) is 0.370. The molecular formula is C23H41N. The van der Waals surface area contributed by atoms with Gasteiger partial charge in [0.05, 0.1) is 0 Å². The van der Waals surface area contributed by atoms with E-state index >= 15 is 0 Å². The zero-order valence-corrected chi connectivity index (χ0v) is 16.4. The summed E-state index contributed by atoms with van der Waals surface area (Å²) < 4.78 is 0. The van der Waals surface area contributed by atoms with Crippen LogP contribution in [-0.4, -0.2) is 12.8 Å². The molecule has 0 radical (unpaired) electrons. The number of rotatable bonds is 6. The van der Waals surface area contributed by atoms with Gasteiger partial charge in [-0.1, -0.05) is 46.0 Å². The molecule has 3 aliphatic carbocycles. The van der Waals surface area contributed by atoms with Gasteiger partial charge in [0.2, 0.25) is 0 Å². The average Bonchev–Trinajstić information content (AvgIpc) is 2.61. The molecule has 3 fully saturated rings. The molecule has 3 aliphatic rings. The van der Waals surface area contributed by atoms with Gasteiger partial charge in [-0.2, -0.15) is 0 Å². The largest absolute Gasteiger partial charge is 0.298 e. The molecule has 0 amide bonds. The Bertz CT molecular complexity index is 389. The van der Waals surface area contributed by atoms with Gasteiger partial charge in [0, 0.05) is 6.04 Å². The minimum Gasteiger partial charge on any atom is -0.298 e. The Morgan fingerprint density at radius 2 is 1.58 bits per heavy atom. The van der Waals surface area contributed by atoms with Crippen LogP contribution in [0, 0.1) is 35.5 Å². The number of hydrogen-bond donors (Lipinski definition) is 0.